The molecule has 1 aromatic carbocycles. The predicted octanol–water partition coefficient (Wildman–Crippen LogP) is 3.08. The van der Waals surface area contributed by atoms with Crippen LogP contribution in [0.5, 0.6) is 0 Å². The van der Waals surface area contributed by atoms with E-state index < -0.39 is 0 Å². The zero-order valence-corrected chi connectivity index (χ0v) is 11.4. The number of ketones is 1. The van der Waals surface area contributed by atoms with Crippen molar-refractivity contribution in [2.24, 2.45) is 10.4 Å². The quantitative estimate of drug-likeness (QED) is 0.751. The van der Waals surface area contributed by atoms with Crippen molar-refractivity contribution in [3.05, 3.63) is 35.4 Å². The van der Waals surface area contributed by atoms with Crippen LogP contribution in [0.4, 0.5) is 0 Å². The van der Waals surface area contributed by atoms with Gasteiger partial charge in [0, 0.05) is 11.1 Å². The molecule has 1 atom stereocenters. The van der Waals surface area contributed by atoms with E-state index in [9.17, 15) is 4.79 Å². The van der Waals surface area contributed by atoms with Gasteiger partial charge in [0.25, 0.3) is 0 Å². The van der Waals surface area contributed by atoms with E-state index in [1.54, 1.807) is 6.92 Å². The highest BCUT2D eigenvalue weighted by Crippen LogP contribution is 2.27. The molecule has 0 N–H and O–H groups in total. The van der Waals surface area contributed by atoms with E-state index in [4.69, 9.17) is 4.74 Å². The summed E-state index contributed by atoms with van der Waals surface area (Å²) >= 11 is 0. The monoisotopic (exact) mass is 245 g/mol. The van der Waals surface area contributed by atoms with Crippen LogP contribution in [0, 0.1) is 5.41 Å². The van der Waals surface area contributed by atoms with E-state index in [0.717, 1.165) is 5.56 Å². The molecule has 1 aliphatic heterocycles. The molecule has 0 amide bonds. The summed E-state index contributed by atoms with van der Waals surface area (Å²) in [6, 6.07) is 7.61. The zero-order valence-electron chi connectivity index (χ0n) is 11.4. The Morgan fingerprint density at radius 2 is 2.11 bits per heavy atom. The number of hydrogen-bond donors (Lipinski definition) is 0. The van der Waals surface area contributed by atoms with Crippen LogP contribution in [-0.2, 0) is 4.74 Å². The van der Waals surface area contributed by atoms with Crippen LogP contribution in [0.3, 0.4) is 0 Å². The Hall–Kier alpha value is -1.64. The summed E-state index contributed by atoms with van der Waals surface area (Å²) in [5.41, 5.74) is 1.67. The fraction of sp³-hybridized carbons (Fsp3) is 0.467. The van der Waals surface area contributed by atoms with Gasteiger partial charge in [-0.3, -0.25) is 4.79 Å². The van der Waals surface area contributed by atoms with E-state index in [1.807, 2.05) is 24.3 Å². The minimum Gasteiger partial charge on any atom is -0.475 e. The van der Waals surface area contributed by atoms with Crippen molar-refractivity contribution in [1.82, 2.24) is 0 Å². The average molecular weight is 245 g/mol. The van der Waals surface area contributed by atoms with Crippen LogP contribution in [0.25, 0.3) is 0 Å². The number of benzene rings is 1. The molecule has 0 bridgehead atoms. The van der Waals surface area contributed by atoms with Crippen molar-refractivity contribution in [3.8, 4) is 0 Å². The Morgan fingerprint density at radius 3 is 2.67 bits per heavy atom. The summed E-state index contributed by atoms with van der Waals surface area (Å²) in [5, 5.41) is 0. The smallest absolute Gasteiger partial charge is 0.216 e. The van der Waals surface area contributed by atoms with Crippen LogP contribution in [-0.4, -0.2) is 24.3 Å². The van der Waals surface area contributed by atoms with Gasteiger partial charge < -0.3 is 4.74 Å². The number of carbonyl (C=O) groups excluding carboxylic acids is 1. The Labute approximate surface area is 108 Å². The third-order valence-electron chi connectivity index (χ3n) is 3.17. The lowest BCUT2D eigenvalue weighted by atomic mass is 9.88. The Balaban J connectivity index is 2.28. The van der Waals surface area contributed by atoms with Gasteiger partial charge in [0.2, 0.25) is 5.90 Å². The molecule has 1 heterocycles. The van der Waals surface area contributed by atoms with Crippen molar-refractivity contribution in [2.75, 3.05) is 6.61 Å². The van der Waals surface area contributed by atoms with Gasteiger partial charge in [-0.25, -0.2) is 4.99 Å². The maximum atomic E-state index is 11.4. The summed E-state index contributed by atoms with van der Waals surface area (Å²) in [6.07, 6.45) is 0. The van der Waals surface area contributed by atoms with Gasteiger partial charge in [0.15, 0.2) is 5.78 Å². The van der Waals surface area contributed by atoms with E-state index in [0.29, 0.717) is 18.1 Å². The highest BCUT2D eigenvalue weighted by Gasteiger charge is 2.30. The van der Waals surface area contributed by atoms with Crippen molar-refractivity contribution >= 4 is 11.7 Å². The van der Waals surface area contributed by atoms with Crippen molar-refractivity contribution in [1.29, 1.82) is 0 Å². The van der Waals surface area contributed by atoms with Crippen LogP contribution >= 0.6 is 0 Å². The molecule has 0 aliphatic carbocycles. The van der Waals surface area contributed by atoms with E-state index in [-0.39, 0.29) is 17.2 Å². The molecule has 0 unspecified atom stereocenters. The SMILES string of the molecule is CC(=O)c1cccc(C2=N[C@@H](C(C)(C)C)CO2)c1. The third kappa shape index (κ3) is 2.61. The summed E-state index contributed by atoms with van der Waals surface area (Å²) in [6.45, 7) is 8.63. The van der Waals surface area contributed by atoms with E-state index in [2.05, 4.69) is 25.8 Å². The fourth-order valence-corrected chi connectivity index (χ4v) is 1.85. The highest BCUT2D eigenvalue weighted by molar-refractivity contribution is 6.00. The van der Waals surface area contributed by atoms with Gasteiger partial charge in [-0.2, -0.15) is 0 Å². The maximum Gasteiger partial charge on any atom is 0.216 e. The first-order valence-corrected chi connectivity index (χ1v) is 6.20. The molecule has 3 heteroatoms. The van der Waals surface area contributed by atoms with Crippen molar-refractivity contribution in [3.63, 3.8) is 0 Å². The molecule has 0 spiro atoms. The Kier molecular flexibility index (Phi) is 3.24. The number of ether oxygens (including phenoxy) is 1. The molecule has 2 rings (SSSR count). The third-order valence-corrected chi connectivity index (χ3v) is 3.17. The molecule has 0 fully saturated rings. The van der Waals surface area contributed by atoms with E-state index in [1.165, 1.54) is 0 Å². The first kappa shape index (κ1) is 12.8. The van der Waals surface area contributed by atoms with Gasteiger partial charge in [-0.1, -0.05) is 32.9 Å². The van der Waals surface area contributed by atoms with Crippen molar-refractivity contribution < 1.29 is 9.53 Å². The lowest BCUT2D eigenvalue weighted by molar-refractivity contribution is 0.101. The van der Waals surface area contributed by atoms with Crippen molar-refractivity contribution in [2.45, 2.75) is 33.7 Å². The first-order chi connectivity index (χ1) is 8.38. The maximum absolute atomic E-state index is 11.4. The molecule has 1 aromatic rings. The van der Waals surface area contributed by atoms with Crippen LogP contribution in [0.15, 0.2) is 29.3 Å². The number of carbonyl (C=O) groups is 1. The highest BCUT2D eigenvalue weighted by atomic mass is 16.5. The molecule has 0 aromatic heterocycles. The van der Waals surface area contributed by atoms with Gasteiger partial charge in [-0.15, -0.1) is 0 Å². The molecular weight excluding hydrogens is 226 g/mol. The molecular formula is C15H19NO2. The zero-order chi connectivity index (χ0) is 13.3. The van der Waals surface area contributed by atoms with Gasteiger partial charge >= 0.3 is 0 Å². The predicted molar refractivity (Wildman–Crippen MR) is 72.2 cm³/mol. The lowest BCUT2D eigenvalue weighted by Gasteiger charge is -2.21. The molecule has 18 heavy (non-hydrogen) atoms. The largest absolute Gasteiger partial charge is 0.475 e. The number of aliphatic imine (C=N–C) groups is 1. The van der Waals surface area contributed by atoms with Crippen LogP contribution < -0.4 is 0 Å². The standard InChI is InChI=1S/C15H19NO2/c1-10(17)11-6-5-7-12(8-11)14-16-13(9-18-14)15(2,3)4/h5-8,13H,9H2,1-4H3/t13-/m1/s1. The first-order valence-electron chi connectivity index (χ1n) is 6.20. The molecule has 3 nitrogen and oxygen atoms in total. The summed E-state index contributed by atoms with van der Waals surface area (Å²) < 4.78 is 5.65. The number of Topliss-reactive ketones (excluding diaryl/α,β-unsaturated/α-hetero) is 1. The number of rotatable bonds is 2. The molecule has 1 aliphatic rings. The number of hydrogen-bond acceptors (Lipinski definition) is 3. The van der Waals surface area contributed by atoms with Gasteiger partial charge in [0.05, 0.1) is 6.04 Å². The lowest BCUT2D eigenvalue weighted by Crippen LogP contribution is -2.25. The fourth-order valence-electron chi connectivity index (χ4n) is 1.85. The summed E-state index contributed by atoms with van der Waals surface area (Å²) in [7, 11) is 0. The minimum absolute atomic E-state index is 0.0582. The van der Waals surface area contributed by atoms with Gasteiger partial charge in [0.1, 0.15) is 6.61 Å². The molecule has 0 radical (unpaired) electrons. The van der Waals surface area contributed by atoms with E-state index >= 15 is 0 Å². The molecule has 96 valence electrons. The summed E-state index contributed by atoms with van der Waals surface area (Å²) in [5.74, 6) is 0.709. The second-order valence-electron chi connectivity index (χ2n) is 5.76. The molecule has 0 saturated carbocycles. The number of nitrogens with zero attached hydrogens (tertiary/aromatic N) is 1. The van der Waals surface area contributed by atoms with Crippen LogP contribution in [0.2, 0.25) is 0 Å². The van der Waals surface area contributed by atoms with Crippen LogP contribution in [0.1, 0.15) is 43.6 Å². The minimum atomic E-state index is 0.0582. The Bertz CT molecular complexity index is 497. The second kappa shape index (κ2) is 4.56. The normalized spacial score (nSPS) is 19.3. The topological polar surface area (TPSA) is 38.7 Å². The second-order valence-corrected chi connectivity index (χ2v) is 5.76. The molecule has 0 saturated heterocycles. The average Bonchev–Trinajstić information content (AvgIpc) is 2.78. The Morgan fingerprint density at radius 1 is 1.39 bits per heavy atom. The summed E-state index contributed by atoms with van der Waals surface area (Å²) in [4.78, 5) is 16.0. The van der Waals surface area contributed by atoms with Gasteiger partial charge in [-0.05, 0) is 24.5 Å².